The third kappa shape index (κ3) is 5.08. The summed E-state index contributed by atoms with van der Waals surface area (Å²) >= 11 is 0. The van der Waals surface area contributed by atoms with Crippen LogP contribution in [0.4, 0.5) is 10.6 Å². The number of pyridine rings is 1. The molecule has 138 valence electrons. The quantitative estimate of drug-likeness (QED) is 0.860. The topological polar surface area (TPSA) is 60.5 Å². The van der Waals surface area contributed by atoms with Gasteiger partial charge in [-0.1, -0.05) is 0 Å². The number of aromatic nitrogens is 1. The normalized spacial score (nSPS) is 21.6. The lowest BCUT2D eigenvalue weighted by atomic mass is 10.1. The Morgan fingerprint density at radius 1 is 1.28 bits per heavy atom. The molecule has 2 saturated heterocycles. The predicted molar refractivity (Wildman–Crippen MR) is 101 cm³/mol. The van der Waals surface area contributed by atoms with Gasteiger partial charge in [0.05, 0.1) is 0 Å². The number of nitrogens with one attached hydrogen (secondary N) is 2. The van der Waals surface area contributed by atoms with Crippen LogP contribution in [0.5, 0.6) is 0 Å². The van der Waals surface area contributed by atoms with Gasteiger partial charge in [-0.3, -0.25) is 4.90 Å². The van der Waals surface area contributed by atoms with Crippen molar-refractivity contribution in [3.05, 3.63) is 23.9 Å². The molecule has 0 bridgehead atoms. The minimum absolute atomic E-state index is 0.0769. The first-order chi connectivity index (χ1) is 12.1. The number of likely N-dealkylation sites (tertiary alicyclic amines) is 1. The zero-order valence-electron chi connectivity index (χ0n) is 15.5. The van der Waals surface area contributed by atoms with Gasteiger partial charge in [-0.05, 0) is 57.2 Å². The van der Waals surface area contributed by atoms with E-state index in [0.29, 0.717) is 12.6 Å². The van der Waals surface area contributed by atoms with Gasteiger partial charge in [-0.2, -0.15) is 0 Å². The first-order valence-electron chi connectivity index (χ1n) is 9.60. The van der Waals surface area contributed by atoms with E-state index in [1.165, 1.54) is 19.3 Å². The lowest BCUT2D eigenvalue weighted by Gasteiger charge is -2.28. The van der Waals surface area contributed by atoms with Gasteiger partial charge < -0.3 is 15.5 Å². The minimum atomic E-state index is -0.0769. The van der Waals surface area contributed by atoms with Gasteiger partial charge in [0.25, 0.3) is 0 Å². The van der Waals surface area contributed by atoms with Crippen molar-refractivity contribution in [2.75, 3.05) is 31.1 Å². The number of hydrogen-bond acceptors (Lipinski definition) is 4. The van der Waals surface area contributed by atoms with Crippen LogP contribution in [0.15, 0.2) is 18.3 Å². The average Bonchev–Trinajstić information content (AvgIpc) is 3.10. The molecule has 0 aliphatic carbocycles. The lowest BCUT2D eigenvalue weighted by Crippen LogP contribution is -2.43. The summed E-state index contributed by atoms with van der Waals surface area (Å²) in [5.74, 6) is 1.03. The number of rotatable bonds is 5. The number of piperidine rings is 1. The van der Waals surface area contributed by atoms with E-state index >= 15 is 0 Å². The fraction of sp³-hybridized carbons (Fsp3) is 0.684. The van der Waals surface area contributed by atoms with Crippen molar-refractivity contribution in [2.24, 2.45) is 0 Å². The van der Waals surface area contributed by atoms with E-state index in [-0.39, 0.29) is 12.1 Å². The molecular weight excluding hydrogens is 314 g/mol. The average molecular weight is 345 g/mol. The van der Waals surface area contributed by atoms with E-state index in [4.69, 9.17) is 0 Å². The Morgan fingerprint density at radius 2 is 2.08 bits per heavy atom. The van der Waals surface area contributed by atoms with Crippen molar-refractivity contribution in [1.82, 2.24) is 20.5 Å². The molecule has 0 aromatic carbocycles. The van der Waals surface area contributed by atoms with E-state index < -0.39 is 0 Å². The monoisotopic (exact) mass is 345 g/mol. The van der Waals surface area contributed by atoms with E-state index in [1.807, 2.05) is 12.3 Å². The van der Waals surface area contributed by atoms with E-state index in [0.717, 1.165) is 44.0 Å². The number of carbonyl (C=O) groups excluding carboxylic acids is 1. The number of hydrogen-bond donors (Lipinski definition) is 2. The number of carbonyl (C=O) groups is 1. The molecule has 3 heterocycles. The van der Waals surface area contributed by atoms with Gasteiger partial charge >= 0.3 is 6.03 Å². The van der Waals surface area contributed by atoms with Crippen molar-refractivity contribution in [3.63, 3.8) is 0 Å². The molecule has 0 spiro atoms. The molecule has 1 atom stereocenters. The number of nitrogens with zero attached hydrogens (tertiary/aromatic N) is 3. The van der Waals surface area contributed by atoms with Gasteiger partial charge in [0.15, 0.2) is 0 Å². The molecule has 1 unspecified atom stereocenters. The van der Waals surface area contributed by atoms with Crippen LogP contribution in [-0.2, 0) is 6.54 Å². The summed E-state index contributed by atoms with van der Waals surface area (Å²) < 4.78 is 0. The minimum Gasteiger partial charge on any atom is -0.357 e. The molecule has 3 rings (SSSR count). The van der Waals surface area contributed by atoms with E-state index in [2.05, 4.69) is 45.3 Å². The second kappa shape index (κ2) is 8.52. The Kier molecular flexibility index (Phi) is 6.13. The standard InChI is InChI=1S/C19H31N5O/c1-15(2)24-11-7-17(14-24)22-19(25)21-13-16-6-8-20-18(12-16)23-9-4-3-5-10-23/h6,8,12,15,17H,3-5,7,9-11,13-14H2,1-2H3,(H2,21,22,25). The zero-order valence-corrected chi connectivity index (χ0v) is 15.5. The maximum absolute atomic E-state index is 12.2. The van der Waals surface area contributed by atoms with Crippen molar-refractivity contribution >= 4 is 11.8 Å². The summed E-state index contributed by atoms with van der Waals surface area (Å²) in [7, 11) is 0. The molecule has 2 aliphatic heterocycles. The van der Waals surface area contributed by atoms with Crippen LogP contribution in [0, 0.1) is 0 Å². The highest BCUT2D eigenvalue weighted by Gasteiger charge is 2.25. The molecule has 0 saturated carbocycles. The third-order valence-corrected chi connectivity index (χ3v) is 5.23. The van der Waals surface area contributed by atoms with Crippen LogP contribution in [0.1, 0.15) is 45.1 Å². The SMILES string of the molecule is CC(C)N1CCC(NC(=O)NCc2ccnc(N3CCCCC3)c2)C1. The van der Waals surface area contributed by atoms with Crippen molar-refractivity contribution in [2.45, 2.75) is 58.2 Å². The summed E-state index contributed by atoms with van der Waals surface area (Å²) in [6, 6.07) is 4.79. The molecule has 1 aromatic rings. The molecule has 2 fully saturated rings. The van der Waals surface area contributed by atoms with Gasteiger partial charge in [0.2, 0.25) is 0 Å². The fourth-order valence-electron chi connectivity index (χ4n) is 3.66. The zero-order chi connectivity index (χ0) is 17.6. The molecule has 6 nitrogen and oxygen atoms in total. The van der Waals surface area contributed by atoms with Crippen LogP contribution in [0.3, 0.4) is 0 Å². The molecular formula is C19H31N5O. The Labute approximate surface area is 151 Å². The molecule has 2 N–H and O–H groups in total. The predicted octanol–water partition coefficient (Wildman–Crippen LogP) is 2.35. The second-order valence-corrected chi connectivity index (χ2v) is 7.47. The number of urea groups is 1. The Hall–Kier alpha value is -1.82. The van der Waals surface area contributed by atoms with Gasteiger partial charge in [0, 0.05) is 51.0 Å². The highest BCUT2D eigenvalue weighted by Crippen LogP contribution is 2.18. The van der Waals surface area contributed by atoms with Crippen LogP contribution in [0.2, 0.25) is 0 Å². The van der Waals surface area contributed by atoms with E-state index in [1.54, 1.807) is 0 Å². The molecule has 6 heteroatoms. The molecule has 1 aromatic heterocycles. The molecule has 0 radical (unpaired) electrons. The Balaban J connectivity index is 1.46. The smallest absolute Gasteiger partial charge is 0.315 e. The maximum atomic E-state index is 12.2. The third-order valence-electron chi connectivity index (χ3n) is 5.23. The number of anilines is 1. The van der Waals surface area contributed by atoms with Crippen molar-refractivity contribution in [3.8, 4) is 0 Å². The van der Waals surface area contributed by atoms with Crippen molar-refractivity contribution in [1.29, 1.82) is 0 Å². The molecule has 2 aliphatic rings. The largest absolute Gasteiger partial charge is 0.357 e. The second-order valence-electron chi connectivity index (χ2n) is 7.47. The molecule has 2 amide bonds. The highest BCUT2D eigenvalue weighted by atomic mass is 16.2. The summed E-state index contributed by atoms with van der Waals surface area (Å²) in [5.41, 5.74) is 1.10. The fourth-order valence-corrected chi connectivity index (χ4v) is 3.66. The van der Waals surface area contributed by atoms with Crippen LogP contribution in [-0.4, -0.2) is 54.2 Å². The van der Waals surface area contributed by atoms with Crippen LogP contribution in [0.25, 0.3) is 0 Å². The van der Waals surface area contributed by atoms with Crippen molar-refractivity contribution < 1.29 is 4.79 Å². The molecule has 25 heavy (non-hydrogen) atoms. The summed E-state index contributed by atoms with van der Waals surface area (Å²) in [6.45, 7) is 9.11. The van der Waals surface area contributed by atoms with Gasteiger partial charge in [0.1, 0.15) is 5.82 Å². The van der Waals surface area contributed by atoms with Crippen LogP contribution >= 0.6 is 0 Å². The first-order valence-corrected chi connectivity index (χ1v) is 9.60. The van der Waals surface area contributed by atoms with Gasteiger partial charge in [-0.25, -0.2) is 9.78 Å². The first kappa shape index (κ1) is 18.0. The lowest BCUT2D eigenvalue weighted by molar-refractivity contribution is 0.233. The summed E-state index contributed by atoms with van der Waals surface area (Å²) in [4.78, 5) is 21.4. The number of amides is 2. The van der Waals surface area contributed by atoms with Crippen LogP contribution < -0.4 is 15.5 Å². The summed E-state index contributed by atoms with van der Waals surface area (Å²) in [5, 5.41) is 6.08. The Morgan fingerprint density at radius 3 is 2.80 bits per heavy atom. The van der Waals surface area contributed by atoms with Gasteiger partial charge in [-0.15, -0.1) is 0 Å². The highest BCUT2D eigenvalue weighted by molar-refractivity contribution is 5.74. The van der Waals surface area contributed by atoms with E-state index in [9.17, 15) is 4.79 Å². The summed E-state index contributed by atoms with van der Waals surface area (Å²) in [6.07, 6.45) is 6.66. The maximum Gasteiger partial charge on any atom is 0.315 e. The Bertz CT molecular complexity index is 571.